The van der Waals surface area contributed by atoms with Gasteiger partial charge in [-0.25, -0.2) is 4.68 Å². The van der Waals surface area contributed by atoms with E-state index in [-0.39, 0.29) is 11.8 Å². The number of carbonyl (C=O) groups excluding carboxylic acids is 2. The number of hydrogen-bond donors (Lipinski definition) is 0. The van der Waals surface area contributed by atoms with Crippen molar-refractivity contribution < 1.29 is 9.59 Å². The summed E-state index contributed by atoms with van der Waals surface area (Å²) in [5.74, 6) is -0.446. The summed E-state index contributed by atoms with van der Waals surface area (Å²) in [5.41, 5.74) is 2.66. The van der Waals surface area contributed by atoms with E-state index in [1.54, 1.807) is 34.5 Å². The molecule has 2 aromatic rings. The molecular formula is C14H14N4O2S2. The van der Waals surface area contributed by atoms with Crippen molar-refractivity contribution in [1.82, 2.24) is 19.6 Å². The summed E-state index contributed by atoms with van der Waals surface area (Å²) in [6.45, 7) is 1.44. The predicted octanol–water partition coefficient (Wildman–Crippen LogP) is 1.86. The Bertz CT molecular complexity index is 748. The number of fused-ring (bicyclic) bond motifs is 1. The normalized spacial score (nSPS) is 14.0. The molecule has 3 rings (SSSR count). The Labute approximate surface area is 136 Å². The van der Waals surface area contributed by atoms with Crippen LogP contribution in [0.2, 0.25) is 0 Å². The van der Waals surface area contributed by atoms with Gasteiger partial charge in [0.25, 0.3) is 11.8 Å². The Balaban J connectivity index is 1.63. The molecule has 0 radical (unpaired) electrons. The third-order valence-corrected chi connectivity index (χ3v) is 4.62. The van der Waals surface area contributed by atoms with Crippen LogP contribution in [0.5, 0.6) is 0 Å². The van der Waals surface area contributed by atoms with Crippen LogP contribution in [-0.4, -0.2) is 51.5 Å². The first-order chi connectivity index (χ1) is 10.6. The molecule has 0 bridgehead atoms. The van der Waals surface area contributed by atoms with Crippen LogP contribution in [0.4, 0.5) is 0 Å². The van der Waals surface area contributed by atoms with Crippen molar-refractivity contribution in [2.24, 2.45) is 0 Å². The van der Waals surface area contributed by atoms with Crippen LogP contribution in [0.25, 0.3) is 0 Å². The molecule has 0 saturated heterocycles. The Hall–Kier alpha value is -1.90. The zero-order valence-corrected chi connectivity index (χ0v) is 13.6. The first-order valence-electron chi connectivity index (χ1n) is 6.72. The van der Waals surface area contributed by atoms with E-state index in [1.807, 2.05) is 11.9 Å². The van der Waals surface area contributed by atoms with E-state index in [0.29, 0.717) is 34.8 Å². The van der Waals surface area contributed by atoms with E-state index in [1.165, 1.54) is 16.2 Å². The minimum absolute atomic E-state index is 0.223. The highest BCUT2D eigenvalue weighted by atomic mass is 32.1. The molecule has 1 aliphatic rings. The molecular weight excluding hydrogens is 320 g/mol. The van der Waals surface area contributed by atoms with Crippen molar-refractivity contribution in [3.63, 3.8) is 0 Å². The molecule has 114 valence electrons. The molecule has 1 aliphatic heterocycles. The Morgan fingerprint density at radius 1 is 1.23 bits per heavy atom. The maximum atomic E-state index is 12.2. The zero-order valence-electron chi connectivity index (χ0n) is 11.9. The number of aromatic nitrogens is 2. The summed E-state index contributed by atoms with van der Waals surface area (Å²) in [5, 5.41) is 4.14. The van der Waals surface area contributed by atoms with Crippen molar-refractivity contribution in [2.45, 2.75) is 6.67 Å². The number of amides is 2. The lowest BCUT2D eigenvalue weighted by Crippen LogP contribution is -2.37. The van der Waals surface area contributed by atoms with E-state index in [9.17, 15) is 9.59 Å². The second-order valence-corrected chi connectivity index (χ2v) is 6.51. The molecule has 0 aliphatic carbocycles. The van der Waals surface area contributed by atoms with Gasteiger partial charge in [-0.2, -0.15) is 5.10 Å². The number of imide groups is 1. The maximum absolute atomic E-state index is 12.2. The molecule has 0 unspecified atom stereocenters. The second-order valence-electron chi connectivity index (χ2n) is 5.03. The van der Waals surface area contributed by atoms with E-state index in [2.05, 4.69) is 5.10 Å². The maximum Gasteiger partial charge on any atom is 0.261 e. The fourth-order valence-corrected chi connectivity index (χ4v) is 3.05. The van der Waals surface area contributed by atoms with Crippen molar-refractivity contribution >= 4 is 35.4 Å². The van der Waals surface area contributed by atoms with E-state index < -0.39 is 0 Å². The molecule has 0 N–H and O–H groups in total. The Kier molecular flexibility index (Phi) is 4.14. The van der Waals surface area contributed by atoms with Crippen LogP contribution in [0, 0.1) is 3.95 Å². The number of nitrogens with zero attached hydrogens (tertiary/aromatic N) is 4. The highest BCUT2D eigenvalue weighted by Crippen LogP contribution is 2.21. The lowest BCUT2D eigenvalue weighted by atomic mass is 10.1. The zero-order chi connectivity index (χ0) is 15.7. The van der Waals surface area contributed by atoms with Gasteiger partial charge in [0, 0.05) is 13.1 Å². The number of likely N-dealkylation sites (N-methyl/N-ethyl adjacent to an activating group) is 1. The van der Waals surface area contributed by atoms with Crippen LogP contribution < -0.4 is 0 Å². The number of benzene rings is 1. The average molecular weight is 334 g/mol. The van der Waals surface area contributed by atoms with E-state index >= 15 is 0 Å². The minimum Gasteiger partial charge on any atom is -0.286 e. The van der Waals surface area contributed by atoms with Gasteiger partial charge in [-0.3, -0.25) is 19.4 Å². The number of rotatable bonds is 5. The monoisotopic (exact) mass is 334 g/mol. The second kappa shape index (κ2) is 6.07. The fraction of sp³-hybridized carbons (Fsp3) is 0.286. The number of carbonyl (C=O) groups is 2. The molecule has 2 amide bonds. The van der Waals surface area contributed by atoms with Gasteiger partial charge in [0.05, 0.1) is 17.8 Å². The lowest BCUT2D eigenvalue weighted by Gasteiger charge is -2.20. The summed E-state index contributed by atoms with van der Waals surface area (Å²) < 4.78 is 2.41. The van der Waals surface area contributed by atoms with Crippen molar-refractivity contribution in [3.05, 3.63) is 44.9 Å². The minimum atomic E-state index is -0.223. The van der Waals surface area contributed by atoms with Gasteiger partial charge in [-0.15, -0.1) is 0 Å². The fourth-order valence-electron chi connectivity index (χ4n) is 2.34. The van der Waals surface area contributed by atoms with E-state index in [4.69, 9.17) is 12.2 Å². The van der Waals surface area contributed by atoms with Crippen molar-refractivity contribution in [1.29, 1.82) is 0 Å². The molecule has 0 atom stereocenters. The molecule has 22 heavy (non-hydrogen) atoms. The predicted molar refractivity (Wildman–Crippen MR) is 85.4 cm³/mol. The molecule has 0 fully saturated rings. The highest BCUT2D eigenvalue weighted by Gasteiger charge is 2.34. The largest absolute Gasteiger partial charge is 0.286 e. The number of hydrogen-bond acceptors (Lipinski definition) is 6. The van der Waals surface area contributed by atoms with Gasteiger partial charge in [-0.1, -0.05) is 23.5 Å². The third-order valence-electron chi connectivity index (χ3n) is 3.51. The molecule has 0 spiro atoms. The lowest BCUT2D eigenvalue weighted by molar-refractivity contribution is 0.0635. The summed E-state index contributed by atoms with van der Waals surface area (Å²) in [6, 6.07) is 6.91. The average Bonchev–Trinajstić information content (AvgIpc) is 3.01. The van der Waals surface area contributed by atoms with Gasteiger partial charge in [0.1, 0.15) is 5.51 Å². The first kappa shape index (κ1) is 15.0. The molecule has 2 heterocycles. The van der Waals surface area contributed by atoms with Crippen LogP contribution in [0.1, 0.15) is 20.7 Å². The van der Waals surface area contributed by atoms with Crippen LogP contribution in [0.3, 0.4) is 0 Å². The van der Waals surface area contributed by atoms with E-state index in [0.717, 1.165) is 0 Å². The summed E-state index contributed by atoms with van der Waals surface area (Å²) in [6.07, 6.45) is 0. The topological polar surface area (TPSA) is 58.4 Å². The van der Waals surface area contributed by atoms with Crippen molar-refractivity contribution in [3.8, 4) is 0 Å². The standard InChI is InChI=1S/C14H14N4O2S2/c1-16(9-18-14(21)22-8-15-18)6-7-17-12(19)10-4-2-3-5-11(10)13(17)20/h2-5,8H,6-7,9H2,1H3. The van der Waals surface area contributed by atoms with Crippen LogP contribution >= 0.6 is 23.6 Å². The molecule has 1 aromatic heterocycles. The molecule has 1 aromatic carbocycles. The Morgan fingerprint density at radius 3 is 2.41 bits per heavy atom. The van der Waals surface area contributed by atoms with Gasteiger partial charge in [0.2, 0.25) is 0 Å². The quantitative estimate of drug-likeness (QED) is 0.617. The smallest absolute Gasteiger partial charge is 0.261 e. The van der Waals surface area contributed by atoms with Crippen LogP contribution in [-0.2, 0) is 6.67 Å². The van der Waals surface area contributed by atoms with Gasteiger partial charge >= 0.3 is 0 Å². The first-order valence-corrected chi connectivity index (χ1v) is 8.01. The Morgan fingerprint density at radius 2 is 1.86 bits per heavy atom. The SMILES string of the molecule is CN(CCN1C(=O)c2ccccc2C1=O)Cn1ncsc1=S. The summed E-state index contributed by atoms with van der Waals surface area (Å²) in [4.78, 5) is 27.8. The van der Waals surface area contributed by atoms with Crippen LogP contribution in [0.15, 0.2) is 29.8 Å². The van der Waals surface area contributed by atoms with Gasteiger partial charge < -0.3 is 0 Å². The molecule has 6 nitrogen and oxygen atoms in total. The summed E-state index contributed by atoms with van der Waals surface area (Å²) >= 11 is 6.56. The highest BCUT2D eigenvalue weighted by molar-refractivity contribution is 7.73. The summed E-state index contributed by atoms with van der Waals surface area (Å²) in [7, 11) is 1.90. The molecule has 8 heteroatoms. The molecule has 0 saturated carbocycles. The third kappa shape index (κ3) is 2.72. The van der Waals surface area contributed by atoms with Gasteiger partial charge in [-0.05, 0) is 31.4 Å². The van der Waals surface area contributed by atoms with Gasteiger partial charge in [0.15, 0.2) is 3.95 Å². The van der Waals surface area contributed by atoms with Crippen molar-refractivity contribution in [2.75, 3.05) is 20.1 Å².